The minimum Gasteiger partial charge on any atom is -0.481 e. The lowest BCUT2D eigenvalue weighted by atomic mass is 10.0. The highest BCUT2D eigenvalue weighted by Crippen LogP contribution is 2.23. The van der Waals surface area contributed by atoms with E-state index < -0.39 is 5.97 Å². The third kappa shape index (κ3) is 5.48. The molecule has 0 aliphatic heterocycles. The molecule has 4 heteroatoms. The Hall–Kier alpha value is -0.620. The standard InChI is InChI=1S/C15H22INO2/c1-11(2)17(10-4-5-15(18)19)12(3)13-6-8-14(16)9-7-13/h6-9,11-12H,4-5,10H2,1-3H3,(H,18,19). The molecular weight excluding hydrogens is 353 g/mol. The van der Waals surface area contributed by atoms with Crippen molar-refractivity contribution in [1.29, 1.82) is 0 Å². The molecule has 0 heterocycles. The van der Waals surface area contributed by atoms with Crippen molar-refractivity contribution in [2.24, 2.45) is 0 Å². The van der Waals surface area contributed by atoms with E-state index >= 15 is 0 Å². The molecule has 0 aliphatic rings. The maximum atomic E-state index is 10.6. The molecule has 0 radical (unpaired) electrons. The van der Waals surface area contributed by atoms with Crippen LogP contribution in [0.25, 0.3) is 0 Å². The summed E-state index contributed by atoms with van der Waals surface area (Å²) in [6, 6.07) is 9.25. The van der Waals surface area contributed by atoms with Crippen LogP contribution < -0.4 is 0 Å². The van der Waals surface area contributed by atoms with Gasteiger partial charge in [0, 0.05) is 22.1 Å². The molecule has 1 unspecified atom stereocenters. The normalized spacial score (nSPS) is 12.9. The molecule has 19 heavy (non-hydrogen) atoms. The fourth-order valence-corrected chi connectivity index (χ4v) is 2.60. The van der Waals surface area contributed by atoms with Crippen LogP contribution in [-0.4, -0.2) is 28.6 Å². The molecule has 1 N–H and O–H groups in total. The van der Waals surface area contributed by atoms with Crippen LogP contribution in [0, 0.1) is 3.57 Å². The number of hydrogen-bond donors (Lipinski definition) is 1. The van der Waals surface area contributed by atoms with E-state index in [1.54, 1.807) is 0 Å². The summed E-state index contributed by atoms with van der Waals surface area (Å²) in [5.41, 5.74) is 1.28. The fraction of sp³-hybridized carbons (Fsp3) is 0.533. The second-order valence-corrected chi connectivity index (χ2v) is 6.30. The Bertz CT molecular complexity index is 403. The van der Waals surface area contributed by atoms with Gasteiger partial charge in [0.15, 0.2) is 0 Å². The predicted octanol–water partition coefficient (Wildman–Crippen LogP) is 3.93. The van der Waals surface area contributed by atoms with Crippen LogP contribution in [0.2, 0.25) is 0 Å². The lowest BCUT2D eigenvalue weighted by Gasteiger charge is -2.33. The number of rotatable bonds is 7. The van der Waals surface area contributed by atoms with Gasteiger partial charge < -0.3 is 5.11 Å². The van der Waals surface area contributed by atoms with Gasteiger partial charge in [-0.25, -0.2) is 0 Å². The zero-order valence-corrected chi connectivity index (χ0v) is 13.9. The summed E-state index contributed by atoms with van der Waals surface area (Å²) in [5, 5.41) is 8.73. The highest BCUT2D eigenvalue weighted by atomic mass is 127. The quantitative estimate of drug-likeness (QED) is 0.735. The highest BCUT2D eigenvalue weighted by Gasteiger charge is 2.18. The summed E-state index contributed by atoms with van der Waals surface area (Å²) in [6.45, 7) is 7.31. The van der Waals surface area contributed by atoms with Gasteiger partial charge in [-0.15, -0.1) is 0 Å². The second-order valence-electron chi connectivity index (χ2n) is 5.06. The van der Waals surface area contributed by atoms with E-state index in [1.807, 2.05) is 0 Å². The predicted molar refractivity (Wildman–Crippen MR) is 86.3 cm³/mol. The topological polar surface area (TPSA) is 40.5 Å². The molecule has 0 spiro atoms. The molecule has 0 saturated carbocycles. The first-order valence-corrected chi connectivity index (χ1v) is 7.72. The van der Waals surface area contributed by atoms with Crippen LogP contribution in [0.3, 0.4) is 0 Å². The van der Waals surface area contributed by atoms with E-state index in [0.29, 0.717) is 18.5 Å². The Labute approximate surface area is 129 Å². The van der Waals surface area contributed by atoms with Gasteiger partial charge in [-0.2, -0.15) is 0 Å². The molecule has 1 rings (SSSR count). The monoisotopic (exact) mass is 375 g/mol. The maximum absolute atomic E-state index is 10.6. The molecular formula is C15H22INO2. The summed E-state index contributed by atoms with van der Waals surface area (Å²) in [7, 11) is 0. The number of benzene rings is 1. The Morgan fingerprint density at radius 1 is 1.26 bits per heavy atom. The number of carboxylic acid groups (broad SMARTS) is 1. The van der Waals surface area contributed by atoms with E-state index in [1.165, 1.54) is 9.13 Å². The highest BCUT2D eigenvalue weighted by molar-refractivity contribution is 14.1. The molecule has 1 aromatic carbocycles. The van der Waals surface area contributed by atoms with E-state index in [0.717, 1.165) is 6.54 Å². The molecule has 106 valence electrons. The van der Waals surface area contributed by atoms with E-state index in [4.69, 9.17) is 5.11 Å². The van der Waals surface area contributed by atoms with Crippen LogP contribution >= 0.6 is 22.6 Å². The zero-order valence-electron chi connectivity index (χ0n) is 11.8. The molecule has 3 nitrogen and oxygen atoms in total. The van der Waals surface area contributed by atoms with Gasteiger partial charge in [0.05, 0.1) is 0 Å². The number of carboxylic acids is 1. The minimum atomic E-state index is -0.717. The largest absolute Gasteiger partial charge is 0.481 e. The fourth-order valence-electron chi connectivity index (χ4n) is 2.24. The first-order valence-electron chi connectivity index (χ1n) is 6.64. The van der Waals surface area contributed by atoms with Crippen molar-refractivity contribution in [3.8, 4) is 0 Å². The van der Waals surface area contributed by atoms with Gasteiger partial charge in [-0.3, -0.25) is 9.69 Å². The Kier molecular flexibility index (Phi) is 6.79. The van der Waals surface area contributed by atoms with Crippen molar-refractivity contribution >= 4 is 28.6 Å². The van der Waals surface area contributed by atoms with Crippen LogP contribution in [-0.2, 0) is 4.79 Å². The number of halogens is 1. The Balaban J connectivity index is 2.69. The molecule has 0 aromatic heterocycles. The van der Waals surface area contributed by atoms with Crippen LogP contribution in [0.5, 0.6) is 0 Å². The number of carbonyl (C=O) groups is 1. The first-order chi connectivity index (χ1) is 8.91. The molecule has 0 fully saturated rings. The van der Waals surface area contributed by atoms with Crippen molar-refractivity contribution in [3.63, 3.8) is 0 Å². The van der Waals surface area contributed by atoms with Gasteiger partial charge in [0.2, 0.25) is 0 Å². The Morgan fingerprint density at radius 2 is 1.84 bits per heavy atom. The molecule has 0 saturated heterocycles. The van der Waals surface area contributed by atoms with Crippen molar-refractivity contribution in [1.82, 2.24) is 4.90 Å². The second kappa shape index (κ2) is 7.85. The average molecular weight is 375 g/mol. The number of nitrogens with zero attached hydrogens (tertiary/aromatic N) is 1. The summed E-state index contributed by atoms with van der Waals surface area (Å²) in [5.74, 6) is -0.717. The van der Waals surface area contributed by atoms with Gasteiger partial charge in [0.1, 0.15) is 0 Å². The third-order valence-electron chi connectivity index (χ3n) is 3.32. The van der Waals surface area contributed by atoms with Crippen molar-refractivity contribution in [3.05, 3.63) is 33.4 Å². The average Bonchev–Trinajstić information content (AvgIpc) is 2.34. The van der Waals surface area contributed by atoms with Crippen molar-refractivity contribution in [2.75, 3.05) is 6.54 Å². The Morgan fingerprint density at radius 3 is 2.32 bits per heavy atom. The van der Waals surface area contributed by atoms with Gasteiger partial charge >= 0.3 is 5.97 Å². The maximum Gasteiger partial charge on any atom is 0.303 e. The zero-order chi connectivity index (χ0) is 14.4. The molecule has 1 atom stereocenters. The molecule has 0 bridgehead atoms. The summed E-state index contributed by atoms with van der Waals surface area (Å²) in [4.78, 5) is 13.0. The van der Waals surface area contributed by atoms with E-state index in [2.05, 4.69) is 72.5 Å². The summed E-state index contributed by atoms with van der Waals surface area (Å²) in [6.07, 6.45) is 0.935. The SMILES string of the molecule is CC(C)N(CCCC(=O)O)C(C)c1ccc(I)cc1. The van der Waals surface area contributed by atoms with Crippen molar-refractivity contribution < 1.29 is 9.90 Å². The summed E-state index contributed by atoms with van der Waals surface area (Å²) < 4.78 is 1.23. The summed E-state index contributed by atoms with van der Waals surface area (Å²) >= 11 is 2.30. The van der Waals surface area contributed by atoms with E-state index in [-0.39, 0.29) is 6.42 Å². The van der Waals surface area contributed by atoms with Gasteiger partial charge in [-0.05, 0) is 74.0 Å². The number of aliphatic carboxylic acids is 1. The molecule has 0 amide bonds. The first kappa shape index (κ1) is 16.4. The lowest BCUT2D eigenvalue weighted by molar-refractivity contribution is -0.137. The van der Waals surface area contributed by atoms with Crippen LogP contribution in [0.4, 0.5) is 0 Å². The van der Waals surface area contributed by atoms with Crippen LogP contribution in [0.15, 0.2) is 24.3 Å². The lowest BCUT2D eigenvalue weighted by Crippen LogP contribution is -2.34. The van der Waals surface area contributed by atoms with E-state index in [9.17, 15) is 4.79 Å². The molecule has 0 aliphatic carbocycles. The molecule has 1 aromatic rings. The van der Waals surface area contributed by atoms with Crippen molar-refractivity contribution in [2.45, 2.75) is 45.7 Å². The van der Waals surface area contributed by atoms with Crippen LogP contribution in [0.1, 0.15) is 45.2 Å². The minimum absolute atomic E-state index is 0.239. The number of hydrogen-bond acceptors (Lipinski definition) is 2. The van der Waals surface area contributed by atoms with Gasteiger partial charge in [-0.1, -0.05) is 12.1 Å². The smallest absolute Gasteiger partial charge is 0.303 e. The third-order valence-corrected chi connectivity index (χ3v) is 4.04. The van der Waals surface area contributed by atoms with Gasteiger partial charge in [0.25, 0.3) is 0 Å².